The first-order valence-electron chi connectivity index (χ1n) is 4.28. The maximum Gasteiger partial charge on any atom is 0.0386 e. The normalized spacial score (nSPS) is 16.8. The van der Waals surface area contributed by atoms with Crippen molar-refractivity contribution >= 4 is 11.4 Å². The molecule has 2 N–H and O–H groups in total. The van der Waals surface area contributed by atoms with Gasteiger partial charge in [0.1, 0.15) is 0 Å². The monoisotopic (exact) mass is 161 g/mol. The van der Waals surface area contributed by atoms with Crippen molar-refractivity contribution in [3.05, 3.63) is 30.7 Å². The second-order valence-electron chi connectivity index (χ2n) is 3.12. The van der Waals surface area contributed by atoms with E-state index in [1.165, 1.54) is 12.1 Å². The molecule has 0 unspecified atom stereocenters. The number of nitrogens with zero attached hydrogens (tertiary/aromatic N) is 1. The lowest BCUT2D eigenvalue weighted by Gasteiger charge is -2.17. The highest BCUT2D eigenvalue weighted by Gasteiger charge is 2.11. The fraction of sp³-hybridized carbons (Fsp3) is 0.300. The summed E-state index contributed by atoms with van der Waals surface area (Å²) in [6.45, 7) is 2.19. The van der Waals surface area contributed by atoms with E-state index in [0.717, 1.165) is 18.8 Å². The molecule has 0 atom stereocenters. The molecule has 0 saturated carbocycles. The molecule has 12 heavy (non-hydrogen) atoms. The number of hydrogen-bond donors (Lipinski definition) is 1. The summed E-state index contributed by atoms with van der Waals surface area (Å²) in [6, 6.07) is 8.06. The van der Waals surface area contributed by atoms with Crippen molar-refractivity contribution in [1.29, 1.82) is 0 Å². The first-order valence-corrected chi connectivity index (χ1v) is 4.28. The predicted molar refractivity (Wildman–Crippen MR) is 52.0 cm³/mol. The van der Waals surface area contributed by atoms with Gasteiger partial charge in [-0.15, -0.1) is 0 Å². The number of rotatable bonds is 1. The van der Waals surface area contributed by atoms with Gasteiger partial charge in [-0.1, -0.05) is 6.07 Å². The van der Waals surface area contributed by atoms with E-state index in [2.05, 4.69) is 17.4 Å². The Hall–Kier alpha value is -1.18. The molecule has 0 aromatic heterocycles. The van der Waals surface area contributed by atoms with Crippen LogP contribution in [-0.4, -0.2) is 13.1 Å². The molecule has 0 aliphatic carbocycles. The van der Waals surface area contributed by atoms with Crippen molar-refractivity contribution in [2.75, 3.05) is 23.7 Å². The third-order valence-electron chi connectivity index (χ3n) is 2.19. The summed E-state index contributed by atoms with van der Waals surface area (Å²) in [5.74, 6) is 0. The molecule has 1 aliphatic rings. The highest BCUT2D eigenvalue weighted by molar-refractivity contribution is 5.56. The minimum atomic E-state index is 0.847. The van der Waals surface area contributed by atoms with Crippen LogP contribution in [0.25, 0.3) is 0 Å². The Labute approximate surface area is 73.0 Å². The first kappa shape index (κ1) is 7.47. The Bertz CT molecular complexity index is 264. The van der Waals surface area contributed by atoms with Crippen LogP contribution in [0.4, 0.5) is 11.4 Å². The van der Waals surface area contributed by atoms with Crippen molar-refractivity contribution in [2.24, 2.45) is 0 Å². The van der Waals surface area contributed by atoms with E-state index in [0.29, 0.717) is 0 Å². The number of nitrogens with two attached hydrogens (primary N) is 1. The van der Waals surface area contributed by atoms with Crippen LogP contribution in [0.15, 0.2) is 24.3 Å². The highest BCUT2D eigenvalue weighted by atomic mass is 15.1. The van der Waals surface area contributed by atoms with Crippen LogP contribution in [0.2, 0.25) is 0 Å². The van der Waals surface area contributed by atoms with Gasteiger partial charge in [-0.25, -0.2) is 0 Å². The molecule has 1 saturated heterocycles. The van der Waals surface area contributed by atoms with Gasteiger partial charge in [0.05, 0.1) is 0 Å². The van der Waals surface area contributed by atoms with Crippen LogP contribution in [0.3, 0.4) is 0 Å². The fourth-order valence-corrected chi connectivity index (χ4v) is 1.54. The average molecular weight is 161 g/mol. The molecule has 1 aliphatic heterocycles. The van der Waals surface area contributed by atoms with Crippen molar-refractivity contribution in [3.8, 4) is 0 Å². The summed E-state index contributed by atoms with van der Waals surface area (Å²) in [5.41, 5.74) is 7.78. The molecule has 1 fully saturated rings. The van der Waals surface area contributed by atoms with Crippen LogP contribution in [-0.2, 0) is 0 Å². The van der Waals surface area contributed by atoms with Gasteiger partial charge in [-0.3, -0.25) is 0 Å². The molecule has 1 heterocycles. The molecule has 1 radical (unpaired) electrons. The van der Waals surface area contributed by atoms with Gasteiger partial charge in [-0.2, -0.15) is 0 Å². The molecule has 2 nitrogen and oxygen atoms in total. The topological polar surface area (TPSA) is 29.3 Å². The molecule has 63 valence electrons. The molecule has 1 aromatic rings. The third-order valence-corrected chi connectivity index (χ3v) is 2.19. The van der Waals surface area contributed by atoms with Crippen LogP contribution in [0, 0.1) is 6.42 Å². The first-order chi connectivity index (χ1) is 5.86. The van der Waals surface area contributed by atoms with Crippen LogP contribution < -0.4 is 10.6 Å². The van der Waals surface area contributed by atoms with Gasteiger partial charge in [-0.05, 0) is 31.0 Å². The van der Waals surface area contributed by atoms with Gasteiger partial charge in [0, 0.05) is 24.5 Å². The van der Waals surface area contributed by atoms with E-state index < -0.39 is 0 Å². The lowest BCUT2D eigenvalue weighted by atomic mass is 10.2. The van der Waals surface area contributed by atoms with E-state index in [-0.39, 0.29) is 0 Å². The molecule has 2 heteroatoms. The summed E-state index contributed by atoms with van der Waals surface area (Å²) in [5, 5.41) is 0. The van der Waals surface area contributed by atoms with Gasteiger partial charge in [0.15, 0.2) is 0 Å². The van der Waals surface area contributed by atoms with E-state index >= 15 is 0 Å². The largest absolute Gasteiger partial charge is 0.399 e. The summed E-state index contributed by atoms with van der Waals surface area (Å²) in [7, 11) is 0. The maximum atomic E-state index is 5.69. The summed E-state index contributed by atoms with van der Waals surface area (Å²) < 4.78 is 0. The third kappa shape index (κ3) is 1.37. The van der Waals surface area contributed by atoms with Gasteiger partial charge >= 0.3 is 0 Å². The number of anilines is 2. The molecule has 0 spiro atoms. The smallest absolute Gasteiger partial charge is 0.0386 e. The number of nitrogen functional groups attached to an aromatic ring is 1. The van der Waals surface area contributed by atoms with E-state index in [9.17, 15) is 0 Å². The predicted octanol–water partition coefficient (Wildman–Crippen LogP) is 1.68. The molecular weight excluding hydrogens is 148 g/mol. The fourth-order valence-electron chi connectivity index (χ4n) is 1.54. The zero-order valence-corrected chi connectivity index (χ0v) is 7.03. The Morgan fingerprint density at radius 3 is 2.92 bits per heavy atom. The van der Waals surface area contributed by atoms with Crippen molar-refractivity contribution < 1.29 is 0 Å². The van der Waals surface area contributed by atoms with Gasteiger partial charge < -0.3 is 10.6 Å². The number of hydrogen-bond acceptors (Lipinski definition) is 2. The van der Waals surface area contributed by atoms with Crippen LogP contribution >= 0.6 is 0 Å². The zero-order valence-electron chi connectivity index (χ0n) is 7.03. The molecular formula is C10H13N2. The Morgan fingerprint density at radius 1 is 1.33 bits per heavy atom. The number of benzene rings is 1. The SMILES string of the molecule is Nc1cccc(N2C[CH]CC2)c1. The van der Waals surface area contributed by atoms with Gasteiger partial charge in [0.25, 0.3) is 0 Å². The highest BCUT2D eigenvalue weighted by Crippen LogP contribution is 2.21. The molecule has 0 bridgehead atoms. The molecule has 2 rings (SSSR count). The van der Waals surface area contributed by atoms with Gasteiger partial charge in [0.2, 0.25) is 0 Å². The van der Waals surface area contributed by atoms with E-state index in [1.807, 2.05) is 18.2 Å². The van der Waals surface area contributed by atoms with Crippen molar-refractivity contribution in [3.63, 3.8) is 0 Å². The lowest BCUT2D eigenvalue weighted by Crippen LogP contribution is -2.17. The second kappa shape index (κ2) is 3.05. The van der Waals surface area contributed by atoms with E-state index in [1.54, 1.807) is 0 Å². The zero-order chi connectivity index (χ0) is 8.39. The van der Waals surface area contributed by atoms with Crippen molar-refractivity contribution in [1.82, 2.24) is 0 Å². The molecule has 0 amide bonds. The minimum Gasteiger partial charge on any atom is -0.399 e. The lowest BCUT2D eigenvalue weighted by molar-refractivity contribution is 0.969. The Kier molecular flexibility index (Phi) is 1.90. The summed E-state index contributed by atoms with van der Waals surface area (Å²) >= 11 is 0. The van der Waals surface area contributed by atoms with Crippen LogP contribution in [0.5, 0.6) is 0 Å². The van der Waals surface area contributed by atoms with Crippen LogP contribution in [0.1, 0.15) is 6.42 Å². The second-order valence-corrected chi connectivity index (χ2v) is 3.12. The molecule has 1 aromatic carbocycles. The average Bonchev–Trinajstić information content (AvgIpc) is 2.56. The standard InChI is InChI=1S/C10H13N2/c11-9-4-3-5-10(8-9)12-6-1-2-7-12/h1,3-5,8H,2,6-7,11H2. The Morgan fingerprint density at radius 2 is 2.25 bits per heavy atom. The summed E-state index contributed by atoms with van der Waals surface area (Å²) in [4.78, 5) is 2.33. The minimum absolute atomic E-state index is 0.847. The van der Waals surface area contributed by atoms with E-state index in [4.69, 9.17) is 5.73 Å². The quantitative estimate of drug-likeness (QED) is 0.635. The Balaban J connectivity index is 2.21. The maximum absolute atomic E-state index is 5.69. The van der Waals surface area contributed by atoms with Crippen molar-refractivity contribution in [2.45, 2.75) is 6.42 Å². The summed E-state index contributed by atoms with van der Waals surface area (Å²) in [6.07, 6.45) is 3.48.